The molecule has 30 heavy (non-hydrogen) atoms. The molecule has 2 saturated heterocycles. The number of amides is 2. The van der Waals surface area contributed by atoms with Crippen LogP contribution in [0.4, 0.5) is 20.7 Å². The Morgan fingerprint density at radius 2 is 1.87 bits per heavy atom. The average Bonchev–Trinajstić information content (AvgIpc) is 2.77. The van der Waals surface area contributed by atoms with Crippen LogP contribution in [0, 0.1) is 5.82 Å². The van der Waals surface area contributed by atoms with Gasteiger partial charge in [-0.2, -0.15) is 0 Å². The van der Waals surface area contributed by atoms with E-state index >= 15 is 0 Å². The summed E-state index contributed by atoms with van der Waals surface area (Å²) in [7, 11) is 4.17. The number of carbonyl (C=O) groups excluding carboxylic acids is 1. The van der Waals surface area contributed by atoms with Gasteiger partial charge in [0.25, 0.3) is 0 Å². The number of halogens is 1. The lowest BCUT2D eigenvalue weighted by molar-refractivity contribution is 0.125. The Morgan fingerprint density at radius 1 is 1.10 bits per heavy atom. The summed E-state index contributed by atoms with van der Waals surface area (Å²) in [5, 5.41) is 2.98. The maximum Gasteiger partial charge on any atom is 0.323 e. The van der Waals surface area contributed by atoms with Gasteiger partial charge in [0, 0.05) is 37.8 Å². The Bertz CT molecular complexity index is 886. The Kier molecular flexibility index (Phi) is 5.90. The molecule has 2 aliphatic heterocycles. The summed E-state index contributed by atoms with van der Waals surface area (Å²) in [5.74, 6) is -0.343. The number of hydrogen-bond acceptors (Lipinski definition) is 4. The number of anilines is 2. The number of benzene rings is 1. The second-order valence-corrected chi connectivity index (χ2v) is 8.37. The first-order chi connectivity index (χ1) is 14.5. The molecule has 160 valence electrons. The Balaban J connectivity index is 1.57. The van der Waals surface area contributed by atoms with Gasteiger partial charge < -0.3 is 10.2 Å². The molecule has 0 radical (unpaired) electrons. The van der Waals surface area contributed by atoms with Crippen molar-refractivity contribution in [2.24, 2.45) is 0 Å². The monoisotopic (exact) mass is 411 g/mol. The van der Waals surface area contributed by atoms with E-state index in [2.05, 4.69) is 58.5 Å². The van der Waals surface area contributed by atoms with Crippen LogP contribution >= 0.6 is 0 Å². The number of hydrogen-bond donors (Lipinski definition) is 1. The van der Waals surface area contributed by atoms with Crippen molar-refractivity contribution in [3.8, 4) is 0 Å². The first kappa shape index (κ1) is 20.6. The van der Waals surface area contributed by atoms with Crippen LogP contribution in [0.2, 0.25) is 0 Å². The summed E-state index contributed by atoms with van der Waals surface area (Å²) >= 11 is 0. The van der Waals surface area contributed by atoms with Crippen molar-refractivity contribution in [1.29, 1.82) is 0 Å². The minimum atomic E-state index is -0.448. The number of nitrogens with one attached hydrogen (secondary N) is 1. The van der Waals surface area contributed by atoms with Gasteiger partial charge in [0.2, 0.25) is 0 Å². The fraction of sp³-hybridized carbons (Fsp3) is 0.478. The van der Waals surface area contributed by atoms with Gasteiger partial charge >= 0.3 is 6.03 Å². The van der Waals surface area contributed by atoms with E-state index in [4.69, 9.17) is 0 Å². The number of urea groups is 1. The molecular weight excluding hydrogens is 381 g/mol. The number of pyridine rings is 1. The fourth-order valence-corrected chi connectivity index (χ4v) is 4.54. The third-order valence-corrected chi connectivity index (χ3v) is 6.48. The van der Waals surface area contributed by atoms with Crippen LogP contribution in [0.25, 0.3) is 0 Å². The summed E-state index contributed by atoms with van der Waals surface area (Å²) in [6.45, 7) is 2.78. The molecule has 1 N–H and O–H groups in total. The zero-order valence-electron chi connectivity index (χ0n) is 17.8. The lowest BCUT2D eigenvalue weighted by atomic mass is 9.81. The van der Waals surface area contributed by atoms with E-state index in [0.717, 1.165) is 44.5 Å². The maximum absolute atomic E-state index is 14.9. The number of aromatic nitrogens is 1. The first-order valence-corrected chi connectivity index (χ1v) is 10.7. The normalized spacial score (nSPS) is 22.7. The Labute approximate surface area is 177 Å². The van der Waals surface area contributed by atoms with Crippen LogP contribution in [-0.2, 0) is 5.54 Å². The minimum absolute atomic E-state index is 0.105. The third-order valence-electron chi connectivity index (χ3n) is 6.48. The van der Waals surface area contributed by atoms with Gasteiger partial charge in [0.1, 0.15) is 0 Å². The molecule has 0 aliphatic carbocycles. The molecule has 3 heterocycles. The molecule has 1 aromatic heterocycles. The van der Waals surface area contributed by atoms with E-state index in [1.165, 1.54) is 16.5 Å². The van der Waals surface area contributed by atoms with Crippen LogP contribution in [0.1, 0.15) is 31.2 Å². The molecule has 0 saturated carbocycles. The lowest BCUT2D eigenvalue weighted by Gasteiger charge is -2.41. The molecule has 0 spiro atoms. The smallest absolute Gasteiger partial charge is 0.323 e. The van der Waals surface area contributed by atoms with Gasteiger partial charge in [-0.3, -0.25) is 9.80 Å². The van der Waals surface area contributed by atoms with E-state index in [0.29, 0.717) is 13.1 Å². The van der Waals surface area contributed by atoms with Crippen LogP contribution in [0.15, 0.2) is 42.6 Å². The van der Waals surface area contributed by atoms with Gasteiger partial charge in [0.05, 0.1) is 11.9 Å². The number of nitrogens with zero attached hydrogens (tertiary/aromatic N) is 4. The van der Waals surface area contributed by atoms with Crippen LogP contribution in [-0.4, -0.2) is 56.2 Å². The summed E-state index contributed by atoms with van der Waals surface area (Å²) in [4.78, 5) is 23.0. The molecule has 0 bridgehead atoms. The van der Waals surface area contributed by atoms with Crippen LogP contribution < -0.4 is 15.1 Å². The topological polar surface area (TPSA) is 51.7 Å². The SMILES string of the molecule is CN(C)[C@@]1(c2ccccc2)CCCN(c2ncc(N3CCC3)cc2F)C(=O)NCC1. The van der Waals surface area contributed by atoms with E-state index in [1.807, 2.05) is 6.07 Å². The van der Waals surface area contributed by atoms with Crippen molar-refractivity contribution in [3.05, 3.63) is 54.0 Å². The van der Waals surface area contributed by atoms with Crippen molar-refractivity contribution >= 4 is 17.5 Å². The van der Waals surface area contributed by atoms with E-state index in [1.54, 1.807) is 6.20 Å². The van der Waals surface area contributed by atoms with E-state index in [-0.39, 0.29) is 17.4 Å². The van der Waals surface area contributed by atoms with Gasteiger partial charge in [-0.05, 0) is 45.3 Å². The van der Waals surface area contributed by atoms with Crippen molar-refractivity contribution in [2.45, 2.75) is 31.2 Å². The highest BCUT2D eigenvalue weighted by Crippen LogP contribution is 2.36. The standard InChI is InChI=1S/C23H30FN5O/c1-27(2)23(18-8-4-3-5-9-18)10-6-15-29(22(30)25-12-11-23)21-20(24)16-19(17-26-21)28-13-7-14-28/h3-5,8-9,16-17H,6-7,10-15H2,1-2H3,(H,25,30)/t23-/m0/s1. The summed E-state index contributed by atoms with van der Waals surface area (Å²) in [5.41, 5.74) is 1.83. The largest absolute Gasteiger partial charge is 0.370 e. The van der Waals surface area contributed by atoms with Crippen molar-refractivity contribution in [1.82, 2.24) is 15.2 Å². The zero-order chi connectivity index (χ0) is 21.1. The van der Waals surface area contributed by atoms with Gasteiger partial charge in [-0.1, -0.05) is 30.3 Å². The molecule has 2 amide bonds. The van der Waals surface area contributed by atoms with E-state index < -0.39 is 5.82 Å². The molecule has 7 heteroatoms. The van der Waals surface area contributed by atoms with Gasteiger partial charge in [-0.15, -0.1) is 0 Å². The molecule has 6 nitrogen and oxygen atoms in total. The quantitative estimate of drug-likeness (QED) is 0.836. The highest BCUT2D eigenvalue weighted by molar-refractivity contribution is 5.91. The molecule has 4 rings (SSSR count). The van der Waals surface area contributed by atoms with Crippen molar-refractivity contribution < 1.29 is 9.18 Å². The van der Waals surface area contributed by atoms with Crippen LogP contribution in [0.5, 0.6) is 0 Å². The molecule has 2 fully saturated rings. The van der Waals surface area contributed by atoms with Gasteiger partial charge in [-0.25, -0.2) is 14.2 Å². The minimum Gasteiger partial charge on any atom is -0.370 e. The van der Waals surface area contributed by atoms with Crippen LogP contribution in [0.3, 0.4) is 0 Å². The number of rotatable bonds is 4. The summed E-state index contributed by atoms with van der Waals surface area (Å²) in [6, 6.07) is 11.6. The van der Waals surface area contributed by atoms with Gasteiger partial charge in [0.15, 0.2) is 11.6 Å². The van der Waals surface area contributed by atoms with Crippen molar-refractivity contribution in [2.75, 3.05) is 50.1 Å². The predicted molar refractivity (Wildman–Crippen MR) is 117 cm³/mol. The molecule has 2 aromatic rings. The third kappa shape index (κ3) is 3.86. The highest BCUT2D eigenvalue weighted by Gasteiger charge is 2.36. The Hall–Kier alpha value is -2.67. The first-order valence-electron chi connectivity index (χ1n) is 10.7. The molecule has 1 aromatic carbocycles. The predicted octanol–water partition coefficient (Wildman–Crippen LogP) is 3.59. The maximum atomic E-state index is 14.9. The second-order valence-electron chi connectivity index (χ2n) is 8.37. The molecule has 2 aliphatic rings. The summed E-state index contributed by atoms with van der Waals surface area (Å²) < 4.78 is 14.9. The Morgan fingerprint density at radius 3 is 2.50 bits per heavy atom. The second kappa shape index (κ2) is 8.60. The molecule has 0 unspecified atom stereocenters. The lowest BCUT2D eigenvalue weighted by Crippen LogP contribution is -2.44. The summed E-state index contributed by atoms with van der Waals surface area (Å²) in [6.07, 6.45) is 5.18. The van der Waals surface area contributed by atoms with E-state index in [9.17, 15) is 9.18 Å². The fourth-order valence-electron chi connectivity index (χ4n) is 4.54. The average molecular weight is 412 g/mol. The molecule has 1 atom stereocenters. The zero-order valence-corrected chi connectivity index (χ0v) is 17.8. The molecular formula is C23H30FN5O. The van der Waals surface area contributed by atoms with Crippen molar-refractivity contribution in [3.63, 3.8) is 0 Å². The highest BCUT2D eigenvalue weighted by atomic mass is 19.1. The number of carbonyl (C=O) groups is 1.